The lowest BCUT2D eigenvalue weighted by atomic mass is 9.98. The van der Waals surface area contributed by atoms with Gasteiger partial charge in [0.15, 0.2) is 0 Å². The second-order valence-electron chi connectivity index (χ2n) is 7.54. The third-order valence-electron chi connectivity index (χ3n) is 5.37. The van der Waals surface area contributed by atoms with Crippen LogP contribution in [0.3, 0.4) is 0 Å². The minimum Gasteiger partial charge on any atom is -0.322 e. The Labute approximate surface area is 171 Å². The second kappa shape index (κ2) is 7.92. The Morgan fingerprint density at radius 3 is 2.48 bits per heavy atom. The molecule has 4 nitrogen and oxygen atoms in total. The van der Waals surface area contributed by atoms with Crippen LogP contribution in [0.25, 0.3) is 0 Å². The summed E-state index contributed by atoms with van der Waals surface area (Å²) in [5.74, 6) is -0.132. The number of aryl methyl sites for hydroxylation is 3. The Kier molecular flexibility index (Phi) is 5.17. The maximum atomic E-state index is 12.9. The van der Waals surface area contributed by atoms with Crippen molar-refractivity contribution < 1.29 is 9.59 Å². The normalized spacial score (nSPS) is 13.0. The van der Waals surface area contributed by atoms with Crippen molar-refractivity contribution in [2.75, 3.05) is 16.8 Å². The number of amides is 2. The molecule has 1 heterocycles. The molecule has 29 heavy (non-hydrogen) atoms. The van der Waals surface area contributed by atoms with Gasteiger partial charge < -0.3 is 10.2 Å². The van der Waals surface area contributed by atoms with Gasteiger partial charge >= 0.3 is 0 Å². The molecule has 0 saturated heterocycles. The molecule has 0 spiro atoms. The Morgan fingerprint density at radius 1 is 0.897 bits per heavy atom. The summed E-state index contributed by atoms with van der Waals surface area (Å²) in [4.78, 5) is 27.6. The second-order valence-corrected chi connectivity index (χ2v) is 7.54. The zero-order valence-electron chi connectivity index (χ0n) is 16.7. The number of nitrogens with zero attached hydrogens (tertiary/aromatic N) is 1. The van der Waals surface area contributed by atoms with Crippen molar-refractivity contribution in [1.82, 2.24) is 0 Å². The quantitative estimate of drug-likeness (QED) is 0.679. The molecule has 0 aromatic heterocycles. The summed E-state index contributed by atoms with van der Waals surface area (Å²) in [6.07, 6.45) is 1.74. The van der Waals surface area contributed by atoms with Crippen molar-refractivity contribution in [3.05, 3.63) is 94.5 Å². The maximum absolute atomic E-state index is 12.9. The van der Waals surface area contributed by atoms with Gasteiger partial charge in [0.2, 0.25) is 0 Å². The average molecular weight is 384 g/mol. The number of fused-ring (bicyclic) bond motifs is 1. The van der Waals surface area contributed by atoms with Crippen LogP contribution >= 0.6 is 0 Å². The summed E-state index contributed by atoms with van der Waals surface area (Å²) < 4.78 is 0. The predicted molar refractivity (Wildman–Crippen MR) is 117 cm³/mol. The van der Waals surface area contributed by atoms with Gasteiger partial charge in [-0.15, -0.1) is 0 Å². The fourth-order valence-electron chi connectivity index (χ4n) is 3.75. The first-order valence-electron chi connectivity index (χ1n) is 9.91. The third kappa shape index (κ3) is 3.92. The van der Waals surface area contributed by atoms with E-state index in [0.29, 0.717) is 17.7 Å². The SMILES string of the molecule is Cc1ccc(C)c(NC(=O)c2ccc3c(c2)CCCN3C(=O)c2ccccc2)c1. The molecular weight excluding hydrogens is 360 g/mol. The van der Waals surface area contributed by atoms with E-state index in [2.05, 4.69) is 5.32 Å². The Morgan fingerprint density at radius 2 is 1.69 bits per heavy atom. The summed E-state index contributed by atoms with van der Waals surface area (Å²) in [5, 5.41) is 3.01. The molecule has 3 aromatic rings. The van der Waals surface area contributed by atoms with E-state index in [4.69, 9.17) is 0 Å². The monoisotopic (exact) mass is 384 g/mol. The van der Waals surface area contributed by atoms with Crippen LogP contribution in [-0.4, -0.2) is 18.4 Å². The highest BCUT2D eigenvalue weighted by atomic mass is 16.2. The zero-order chi connectivity index (χ0) is 20.4. The maximum Gasteiger partial charge on any atom is 0.258 e. The number of carbonyl (C=O) groups is 2. The van der Waals surface area contributed by atoms with Crippen LogP contribution in [0.4, 0.5) is 11.4 Å². The molecule has 1 aliphatic rings. The molecule has 146 valence electrons. The molecule has 0 bridgehead atoms. The Bertz CT molecular complexity index is 1070. The summed E-state index contributed by atoms with van der Waals surface area (Å²) >= 11 is 0. The van der Waals surface area contributed by atoms with E-state index in [1.54, 1.807) is 6.07 Å². The average Bonchev–Trinajstić information content (AvgIpc) is 2.75. The fourth-order valence-corrected chi connectivity index (χ4v) is 3.75. The highest BCUT2D eigenvalue weighted by Gasteiger charge is 2.24. The molecule has 0 aliphatic carbocycles. The van der Waals surface area contributed by atoms with Crippen LogP contribution in [0, 0.1) is 13.8 Å². The van der Waals surface area contributed by atoms with Crippen molar-refractivity contribution in [3.63, 3.8) is 0 Å². The largest absolute Gasteiger partial charge is 0.322 e. The molecule has 0 fully saturated rings. The van der Waals surface area contributed by atoms with Crippen molar-refractivity contribution in [3.8, 4) is 0 Å². The van der Waals surface area contributed by atoms with Gasteiger partial charge in [-0.1, -0.05) is 30.3 Å². The van der Waals surface area contributed by atoms with Crippen molar-refractivity contribution in [2.24, 2.45) is 0 Å². The van der Waals surface area contributed by atoms with Crippen molar-refractivity contribution in [1.29, 1.82) is 0 Å². The van der Waals surface area contributed by atoms with Gasteiger partial charge in [0, 0.05) is 29.0 Å². The van der Waals surface area contributed by atoms with Gasteiger partial charge in [0.05, 0.1) is 0 Å². The molecule has 0 atom stereocenters. The third-order valence-corrected chi connectivity index (χ3v) is 5.37. The van der Waals surface area contributed by atoms with E-state index >= 15 is 0 Å². The molecule has 0 unspecified atom stereocenters. The van der Waals surface area contributed by atoms with Gasteiger partial charge in [-0.25, -0.2) is 0 Å². The lowest BCUT2D eigenvalue weighted by Crippen LogP contribution is -2.35. The topological polar surface area (TPSA) is 49.4 Å². The van der Waals surface area contributed by atoms with Crippen LogP contribution in [0.15, 0.2) is 66.7 Å². The van der Waals surface area contributed by atoms with E-state index in [1.165, 1.54) is 0 Å². The highest BCUT2D eigenvalue weighted by molar-refractivity contribution is 6.08. The highest BCUT2D eigenvalue weighted by Crippen LogP contribution is 2.30. The Hall–Kier alpha value is -3.40. The molecule has 4 rings (SSSR count). The lowest BCUT2D eigenvalue weighted by molar-refractivity contribution is 0.0984. The zero-order valence-corrected chi connectivity index (χ0v) is 16.7. The smallest absolute Gasteiger partial charge is 0.258 e. The van der Waals surface area contributed by atoms with Crippen LogP contribution in [0.5, 0.6) is 0 Å². The summed E-state index contributed by atoms with van der Waals surface area (Å²) in [5.41, 5.74) is 6.18. The number of carbonyl (C=O) groups excluding carboxylic acids is 2. The van der Waals surface area contributed by atoms with Crippen molar-refractivity contribution >= 4 is 23.2 Å². The predicted octanol–water partition coefficient (Wildman–Crippen LogP) is 5.15. The number of anilines is 2. The first kappa shape index (κ1) is 18.9. The van der Waals surface area contributed by atoms with Gasteiger partial charge in [-0.2, -0.15) is 0 Å². The van der Waals surface area contributed by atoms with Crippen LogP contribution in [0.1, 0.15) is 43.8 Å². The molecular formula is C25H24N2O2. The molecule has 1 N–H and O–H groups in total. The summed E-state index contributed by atoms with van der Waals surface area (Å²) in [7, 11) is 0. The first-order valence-corrected chi connectivity index (χ1v) is 9.91. The van der Waals surface area contributed by atoms with Gasteiger partial charge in [-0.3, -0.25) is 9.59 Å². The van der Waals surface area contributed by atoms with E-state index in [9.17, 15) is 9.59 Å². The minimum atomic E-state index is -0.131. The molecule has 3 aromatic carbocycles. The minimum absolute atomic E-state index is 0.000799. The van der Waals surface area contributed by atoms with Crippen molar-refractivity contribution in [2.45, 2.75) is 26.7 Å². The van der Waals surface area contributed by atoms with Gasteiger partial charge in [0.1, 0.15) is 0 Å². The molecule has 2 amide bonds. The van der Waals surface area contributed by atoms with E-state index in [-0.39, 0.29) is 11.8 Å². The number of nitrogens with one attached hydrogen (secondary N) is 1. The molecule has 1 aliphatic heterocycles. The van der Waals surface area contributed by atoms with Gasteiger partial charge in [0.25, 0.3) is 11.8 Å². The fraction of sp³-hybridized carbons (Fsp3) is 0.200. The molecule has 0 saturated carbocycles. The number of hydrogen-bond donors (Lipinski definition) is 1. The van der Waals surface area contributed by atoms with E-state index < -0.39 is 0 Å². The van der Waals surface area contributed by atoms with Gasteiger partial charge in [-0.05, 0) is 79.8 Å². The number of benzene rings is 3. The number of rotatable bonds is 3. The lowest BCUT2D eigenvalue weighted by Gasteiger charge is -2.30. The van der Waals surface area contributed by atoms with E-state index in [0.717, 1.165) is 40.9 Å². The Balaban J connectivity index is 1.59. The van der Waals surface area contributed by atoms with Crippen LogP contribution in [-0.2, 0) is 6.42 Å². The summed E-state index contributed by atoms with van der Waals surface area (Å²) in [6, 6.07) is 21.0. The van der Waals surface area contributed by atoms with Crippen LogP contribution in [0.2, 0.25) is 0 Å². The first-order chi connectivity index (χ1) is 14.0. The standard InChI is InChI=1S/C25H24N2O2/c1-17-10-11-18(2)22(15-17)26-24(28)21-12-13-23-20(16-21)9-6-14-27(23)25(29)19-7-4-3-5-8-19/h3-5,7-8,10-13,15-16H,6,9,14H2,1-2H3,(H,26,28). The molecule has 0 radical (unpaired) electrons. The molecule has 4 heteroatoms. The van der Waals surface area contributed by atoms with Crippen LogP contribution < -0.4 is 10.2 Å². The summed E-state index contributed by atoms with van der Waals surface area (Å²) in [6.45, 7) is 4.68. The number of hydrogen-bond acceptors (Lipinski definition) is 2. The van der Waals surface area contributed by atoms with E-state index in [1.807, 2.05) is 79.4 Å².